The lowest BCUT2D eigenvalue weighted by Crippen LogP contribution is -2.29. The van der Waals surface area contributed by atoms with Gasteiger partial charge in [0, 0.05) is 12.6 Å². The summed E-state index contributed by atoms with van der Waals surface area (Å²) >= 11 is 0. The van der Waals surface area contributed by atoms with E-state index in [0.29, 0.717) is 6.42 Å². The molecule has 0 rings (SSSR count). The molecule has 0 aliphatic rings. The Hall–Kier alpha value is -1.52. The maximum Gasteiger partial charge on any atom is 0.411 e. The van der Waals surface area contributed by atoms with Gasteiger partial charge in [-0.15, -0.1) is 0 Å². The Morgan fingerprint density at radius 1 is 1.22 bits per heavy atom. The monoisotopic (exact) mass is 257 g/mol. The van der Waals surface area contributed by atoms with Crippen molar-refractivity contribution < 1.29 is 19.4 Å². The minimum absolute atomic E-state index is 0.222. The summed E-state index contributed by atoms with van der Waals surface area (Å²) in [4.78, 5) is 21.5. The Kier molecular flexibility index (Phi) is 7.83. The number of unbranched alkanes of at least 4 members (excludes halogenated alkanes) is 3. The molecule has 0 aliphatic carbocycles. The summed E-state index contributed by atoms with van der Waals surface area (Å²) in [5.41, 5.74) is -0.491. The molecule has 2 N–H and O–H groups in total. The molecule has 5 nitrogen and oxygen atoms in total. The van der Waals surface area contributed by atoms with Crippen molar-refractivity contribution in [3.8, 4) is 0 Å². The fourth-order valence-electron chi connectivity index (χ4n) is 1.23. The van der Waals surface area contributed by atoms with E-state index in [9.17, 15) is 9.59 Å². The summed E-state index contributed by atoms with van der Waals surface area (Å²) in [6.45, 7) is 5.41. The van der Waals surface area contributed by atoms with Gasteiger partial charge >= 0.3 is 12.1 Å². The second-order valence-electron chi connectivity index (χ2n) is 5.04. The van der Waals surface area contributed by atoms with Crippen molar-refractivity contribution in [1.82, 2.24) is 5.32 Å². The van der Waals surface area contributed by atoms with E-state index < -0.39 is 17.7 Å². The van der Waals surface area contributed by atoms with Crippen LogP contribution in [-0.2, 0) is 9.53 Å². The molecule has 0 heterocycles. The van der Waals surface area contributed by atoms with Crippen LogP contribution in [0.4, 0.5) is 4.79 Å². The predicted molar refractivity (Wildman–Crippen MR) is 69.2 cm³/mol. The van der Waals surface area contributed by atoms with Crippen LogP contribution < -0.4 is 5.32 Å². The molecule has 0 unspecified atom stereocenters. The third-order valence-electron chi connectivity index (χ3n) is 1.98. The number of nitrogens with one attached hydrogen (secondary N) is 1. The van der Waals surface area contributed by atoms with Gasteiger partial charge in [-0.05, 0) is 40.0 Å². The average Bonchev–Trinajstić information content (AvgIpc) is 2.18. The first-order valence-electron chi connectivity index (χ1n) is 6.17. The van der Waals surface area contributed by atoms with Crippen LogP contribution in [0.5, 0.6) is 0 Å². The normalized spacial score (nSPS) is 11.5. The summed E-state index contributed by atoms with van der Waals surface area (Å²) in [6, 6.07) is 0. The highest BCUT2D eigenvalue weighted by Gasteiger charge is 2.14. The molecule has 0 aromatic carbocycles. The minimum atomic E-state index is -0.753. The average molecular weight is 257 g/mol. The van der Waals surface area contributed by atoms with Crippen molar-refractivity contribution in [2.45, 2.75) is 58.5 Å². The van der Waals surface area contributed by atoms with Crippen molar-refractivity contribution in [3.63, 3.8) is 0 Å². The highest BCUT2D eigenvalue weighted by Crippen LogP contribution is 2.06. The molecule has 0 spiro atoms. The number of aliphatic carboxylic acids is 1. The molecule has 18 heavy (non-hydrogen) atoms. The van der Waals surface area contributed by atoms with E-state index >= 15 is 0 Å². The van der Waals surface area contributed by atoms with E-state index in [1.165, 1.54) is 0 Å². The van der Waals surface area contributed by atoms with Crippen LogP contribution in [0.25, 0.3) is 0 Å². The molecule has 0 radical (unpaired) electrons. The van der Waals surface area contributed by atoms with Crippen LogP contribution in [0.1, 0.15) is 52.9 Å². The largest absolute Gasteiger partial charge is 0.481 e. The molecule has 0 bridgehead atoms. The first kappa shape index (κ1) is 16.5. The Morgan fingerprint density at radius 3 is 2.44 bits per heavy atom. The number of hydrogen-bond acceptors (Lipinski definition) is 3. The summed E-state index contributed by atoms with van der Waals surface area (Å²) < 4.78 is 5.04. The van der Waals surface area contributed by atoms with Crippen LogP contribution in [-0.4, -0.2) is 22.8 Å². The minimum Gasteiger partial charge on any atom is -0.481 e. The Labute approximate surface area is 108 Å². The number of ether oxygens (including phenoxy) is 1. The van der Waals surface area contributed by atoms with Crippen LogP contribution >= 0.6 is 0 Å². The van der Waals surface area contributed by atoms with E-state index in [0.717, 1.165) is 19.3 Å². The van der Waals surface area contributed by atoms with E-state index in [1.54, 1.807) is 27.0 Å². The van der Waals surface area contributed by atoms with E-state index in [4.69, 9.17) is 9.84 Å². The second kappa shape index (κ2) is 8.55. The van der Waals surface area contributed by atoms with Gasteiger partial charge in [-0.25, -0.2) is 4.79 Å². The number of amides is 1. The molecule has 0 saturated heterocycles. The van der Waals surface area contributed by atoms with E-state index in [1.807, 2.05) is 6.08 Å². The van der Waals surface area contributed by atoms with Crippen LogP contribution in [0.15, 0.2) is 12.3 Å². The molecule has 0 saturated carbocycles. The smallest absolute Gasteiger partial charge is 0.411 e. The van der Waals surface area contributed by atoms with Gasteiger partial charge in [0.25, 0.3) is 0 Å². The number of alkyl carbamates (subject to hydrolysis) is 1. The SMILES string of the molecule is CC(C)(C)OC(=O)NC=CCCCCCC(=O)O. The standard InChI is InChI=1S/C13H23NO4/c1-13(2,3)18-12(17)14-10-8-6-4-5-7-9-11(15)16/h8,10H,4-7,9H2,1-3H3,(H,14,17)(H,15,16). The van der Waals surface area contributed by atoms with Crippen molar-refractivity contribution in [3.05, 3.63) is 12.3 Å². The van der Waals surface area contributed by atoms with Gasteiger partial charge in [0.05, 0.1) is 0 Å². The molecular weight excluding hydrogens is 234 g/mol. The highest BCUT2D eigenvalue weighted by atomic mass is 16.6. The van der Waals surface area contributed by atoms with Gasteiger partial charge in [0.1, 0.15) is 5.60 Å². The van der Waals surface area contributed by atoms with Gasteiger partial charge in [0.2, 0.25) is 0 Å². The number of carboxylic acids is 1. The van der Waals surface area contributed by atoms with E-state index in [2.05, 4.69) is 5.32 Å². The molecule has 0 atom stereocenters. The first-order chi connectivity index (χ1) is 8.31. The number of hydrogen-bond donors (Lipinski definition) is 2. The summed E-state index contributed by atoms with van der Waals surface area (Å²) in [5.74, 6) is -0.753. The lowest BCUT2D eigenvalue weighted by atomic mass is 10.1. The molecule has 1 amide bonds. The van der Waals surface area contributed by atoms with Gasteiger partial charge in [-0.1, -0.05) is 12.5 Å². The molecule has 104 valence electrons. The molecule has 0 aliphatic heterocycles. The number of carboxylic acid groups (broad SMARTS) is 1. The Bertz CT molecular complexity index is 292. The number of allylic oxidation sites excluding steroid dienone is 1. The molecular formula is C13H23NO4. The molecule has 0 aromatic heterocycles. The van der Waals surface area contributed by atoms with Gasteiger partial charge in [-0.3, -0.25) is 10.1 Å². The molecule has 0 aromatic rings. The maximum absolute atomic E-state index is 11.2. The molecule has 0 fully saturated rings. The van der Waals surface area contributed by atoms with Crippen LogP contribution in [0.3, 0.4) is 0 Å². The van der Waals surface area contributed by atoms with Crippen molar-refractivity contribution >= 4 is 12.1 Å². The number of carbonyl (C=O) groups excluding carboxylic acids is 1. The maximum atomic E-state index is 11.2. The van der Waals surface area contributed by atoms with Gasteiger partial charge in [-0.2, -0.15) is 0 Å². The second-order valence-corrected chi connectivity index (χ2v) is 5.04. The van der Waals surface area contributed by atoms with Crippen LogP contribution in [0, 0.1) is 0 Å². The lowest BCUT2D eigenvalue weighted by molar-refractivity contribution is -0.137. The fourth-order valence-corrected chi connectivity index (χ4v) is 1.23. The van der Waals surface area contributed by atoms with Crippen LogP contribution in [0.2, 0.25) is 0 Å². The number of carbonyl (C=O) groups is 2. The van der Waals surface area contributed by atoms with Gasteiger partial charge in [0.15, 0.2) is 0 Å². The summed E-state index contributed by atoms with van der Waals surface area (Å²) in [7, 11) is 0. The van der Waals surface area contributed by atoms with Crippen molar-refractivity contribution in [2.24, 2.45) is 0 Å². The van der Waals surface area contributed by atoms with Gasteiger partial charge < -0.3 is 9.84 Å². The highest BCUT2D eigenvalue weighted by molar-refractivity contribution is 5.68. The zero-order chi connectivity index (χ0) is 14.0. The zero-order valence-electron chi connectivity index (χ0n) is 11.4. The first-order valence-corrected chi connectivity index (χ1v) is 6.17. The topological polar surface area (TPSA) is 75.6 Å². The summed E-state index contributed by atoms with van der Waals surface area (Å²) in [5, 5.41) is 10.9. The predicted octanol–water partition coefficient (Wildman–Crippen LogP) is 3.06. The lowest BCUT2D eigenvalue weighted by Gasteiger charge is -2.18. The third kappa shape index (κ3) is 12.5. The Morgan fingerprint density at radius 2 is 1.89 bits per heavy atom. The third-order valence-corrected chi connectivity index (χ3v) is 1.98. The zero-order valence-corrected chi connectivity index (χ0v) is 11.4. The van der Waals surface area contributed by atoms with Crippen molar-refractivity contribution in [2.75, 3.05) is 0 Å². The molecule has 5 heteroatoms. The number of rotatable bonds is 7. The Balaban J connectivity index is 3.49. The summed E-state index contributed by atoms with van der Waals surface area (Å²) in [6.07, 6.45) is 6.46. The van der Waals surface area contributed by atoms with Crippen molar-refractivity contribution in [1.29, 1.82) is 0 Å². The fraction of sp³-hybridized carbons (Fsp3) is 0.692. The van der Waals surface area contributed by atoms with E-state index in [-0.39, 0.29) is 6.42 Å². The quantitative estimate of drug-likeness (QED) is 0.687.